The highest BCUT2D eigenvalue weighted by molar-refractivity contribution is 6.01. The zero-order valence-corrected chi connectivity index (χ0v) is 19.8. The maximum absolute atomic E-state index is 14.5. The molecule has 0 radical (unpaired) electrons. The summed E-state index contributed by atoms with van der Waals surface area (Å²) < 4.78 is 0. The average molecular weight is 441 g/mol. The molecule has 5 rings (SSSR count). The Balaban J connectivity index is 1.51. The Morgan fingerprint density at radius 2 is 1.91 bits per heavy atom. The number of anilines is 2. The quantitative estimate of drug-likeness (QED) is 0.737. The topological polar surface area (TPSA) is 59.1 Å². The normalized spacial score (nSPS) is 34.5. The van der Waals surface area contributed by atoms with Crippen LogP contribution in [0.25, 0.3) is 0 Å². The molecule has 1 amide bonds. The number of carbonyl (C=O) groups is 1. The lowest BCUT2D eigenvalue weighted by atomic mass is 9.68. The van der Waals surface area contributed by atoms with E-state index in [1.54, 1.807) is 0 Å². The molecule has 4 aliphatic rings. The lowest BCUT2D eigenvalue weighted by molar-refractivity contribution is -0.135. The van der Waals surface area contributed by atoms with Gasteiger partial charge in [0.25, 0.3) is 0 Å². The highest BCUT2D eigenvalue weighted by atomic mass is 16.3. The van der Waals surface area contributed by atoms with Gasteiger partial charge >= 0.3 is 0 Å². The Labute approximate surface area is 192 Å². The number of aliphatic hydroxyl groups excluding tert-OH is 1. The minimum absolute atomic E-state index is 0.0744. The minimum atomic E-state index is -0.578. The SMILES string of the molecule is CC(O)N1c2ccccc2N(C(=O)C23CCCCCCCC(C2)C2NCCN2C3)C[C@@H]1C. The van der Waals surface area contributed by atoms with Crippen molar-refractivity contribution < 1.29 is 9.90 Å². The van der Waals surface area contributed by atoms with Crippen molar-refractivity contribution in [1.82, 2.24) is 10.2 Å². The minimum Gasteiger partial charge on any atom is -0.374 e. The molecule has 1 aromatic carbocycles. The summed E-state index contributed by atoms with van der Waals surface area (Å²) in [6.07, 6.45) is 9.41. The van der Waals surface area contributed by atoms with Crippen LogP contribution in [-0.2, 0) is 4.79 Å². The second-order valence-electron chi connectivity index (χ2n) is 10.7. The van der Waals surface area contributed by atoms with Crippen LogP contribution in [0, 0.1) is 11.3 Å². The molecule has 176 valence electrons. The van der Waals surface area contributed by atoms with Crippen LogP contribution in [0.15, 0.2) is 24.3 Å². The molecule has 2 N–H and O–H groups in total. The molecule has 32 heavy (non-hydrogen) atoms. The standard InChI is InChI=1S/C26H40N4O2/c1-19-17-29(22-11-7-8-12-23(22)30(19)20(2)31)25(32)26-13-9-5-3-4-6-10-21(16-26)24-27-14-15-28(24)18-26/h7-8,11-12,19-21,24,27,31H,3-6,9-10,13-18H2,1-2H3/t19-,20?,21?,24?,26?/m0/s1. The third kappa shape index (κ3) is 3.84. The highest BCUT2D eigenvalue weighted by Gasteiger charge is 2.52. The molecule has 1 aromatic rings. The van der Waals surface area contributed by atoms with Crippen molar-refractivity contribution in [2.45, 2.75) is 83.6 Å². The van der Waals surface area contributed by atoms with Gasteiger partial charge in [0.2, 0.25) is 5.91 Å². The van der Waals surface area contributed by atoms with E-state index in [9.17, 15) is 9.90 Å². The van der Waals surface area contributed by atoms with Gasteiger partial charge < -0.3 is 20.2 Å². The Kier molecular flexibility index (Phi) is 6.21. The fourth-order valence-electron chi connectivity index (χ4n) is 7.08. The number of nitrogens with one attached hydrogen (secondary N) is 1. The van der Waals surface area contributed by atoms with E-state index in [-0.39, 0.29) is 11.5 Å². The second kappa shape index (κ2) is 8.96. The maximum Gasteiger partial charge on any atom is 0.234 e. The number of hydrogen-bond acceptors (Lipinski definition) is 5. The largest absolute Gasteiger partial charge is 0.374 e. The molecule has 3 aliphatic heterocycles. The van der Waals surface area contributed by atoms with E-state index in [0.29, 0.717) is 24.5 Å². The number of para-hydroxylation sites is 2. The summed E-state index contributed by atoms with van der Waals surface area (Å²) in [6.45, 7) is 7.55. The molecule has 3 fully saturated rings. The number of hydrogen-bond donors (Lipinski definition) is 2. The molecule has 0 spiro atoms. The summed E-state index contributed by atoms with van der Waals surface area (Å²) in [6, 6.07) is 8.21. The van der Waals surface area contributed by atoms with Gasteiger partial charge in [0.1, 0.15) is 6.23 Å². The van der Waals surface area contributed by atoms with E-state index >= 15 is 0 Å². The third-order valence-electron chi connectivity index (χ3n) is 8.46. The summed E-state index contributed by atoms with van der Waals surface area (Å²) in [5.41, 5.74) is 1.63. The maximum atomic E-state index is 14.5. The van der Waals surface area contributed by atoms with Crippen LogP contribution in [0.4, 0.5) is 11.4 Å². The van der Waals surface area contributed by atoms with E-state index in [2.05, 4.69) is 28.1 Å². The van der Waals surface area contributed by atoms with Crippen molar-refractivity contribution in [2.75, 3.05) is 36.0 Å². The van der Waals surface area contributed by atoms with Crippen molar-refractivity contribution in [3.63, 3.8) is 0 Å². The van der Waals surface area contributed by atoms with Crippen molar-refractivity contribution in [2.24, 2.45) is 11.3 Å². The van der Waals surface area contributed by atoms with Gasteiger partial charge in [-0.1, -0.05) is 44.2 Å². The number of piperidine rings is 1. The van der Waals surface area contributed by atoms with Gasteiger partial charge in [-0.05, 0) is 51.2 Å². The van der Waals surface area contributed by atoms with E-state index in [1.165, 1.54) is 32.1 Å². The molecule has 5 atom stereocenters. The molecule has 4 unspecified atom stereocenters. The third-order valence-corrected chi connectivity index (χ3v) is 8.46. The van der Waals surface area contributed by atoms with E-state index in [4.69, 9.17) is 0 Å². The summed E-state index contributed by atoms with van der Waals surface area (Å²) in [4.78, 5) is 21.2. The molecule has 6 heteroatoms. The van der Waals surface area contributed by atoms with Crippen molar-refractivity contribution in [1.29, 1.82) is 0 Å². The molecule has 6 nitrogen and oxygen atoms in total. The number of fused-ring (bicyclic) bond motifs is 5. The summed E-state index contributed by atoms with van der Waals surface area (Å²) in [7, 11) is 0. The van der Waals surface area contributed by atoms with Crippen LogP contribution in [0.5, 0.6) is 0 Å². The Morgan fingerprint density at radius 1 is 1.16 bits per heavy atom. The van der Waals surface area contributed by atoms with Crippen LogP contribution in [-0.4, -0.2) is 60.5 Å². The van der Waals surface area contributed by atoms with E-state index in [0.717, 1.165) is 50.3 Å². The monoisotopic (exact) mass is 440 g/mol. The first-order chi connectivity index (χ1) is 15.5. The molecule has 0 aromatic heterocycles. The van der Waals surface area contributed by atoms with Gasteiger partial charge in [0.15, 0.2) is 0 Å². The second-order valence-corrected chi connectivity index (χ2v) is 10.7. The van der Waals surface area contributed by atoms with Crippen molar-refractivity contribution >= 4 is 17.3 Å². The van der Waals surface area contributed by atoms with Gasteiger partial charge in [-0.2, -0.15) is 0 Å². The molecular weight excluding hydrogens is 400 g/mol. The van der Waals surface area contributed by atoms with Crippen LogP contribution in [0.1, 0.15) is 65.2 Å². The summed E-state index contributed by atoms with van der Waals surface area (Å²) in [5.74, 6) is 0.873. The smallest absolute Gasteiger partial charge is 0.234 e. The van der Waals surface area contributed by atoms with E-state index < -0.39 is 6.23 Å². The predicted molar refractivity (Wildman–Crippen MR) is 129 cm³/mol. The number of aliphatic hydroxyl groups is 1. The highest BCUT2D eigenvalue weighted by Crippen LogP contribution is 2.47. The molecule has 1 aliphatic carbocycles. The lowest BCUT2D eigenvalue weighted by Gasteiger charge is -2.51. The zero-order valence-electron chi connectivity index (χ0n) is 19.8. The van der Waals surface area contributed by atoms with Gasteiger partial charge in [0, 0.05) is 32.2 Å². The van der Waals surface area contributed by atoms with Crippen molar-refractivity contribution in [3.8, 4) is 0 Å². The van der Waals surface area contributed by atoms with Crippen LogP contribution < -0.4 is 15.1 Å². The first kappa shape index (κ1) is 22.2. The average Bonchev–Trinajstić information content (AvgIpc) is 3.25. The van der Waals surface area contributed by atoms with Crippen molar-refractivity contribution in [3.05, 3.63) is 24.3 Å². The summed E-state index contributed by atoms with van der Waals surface area (Å²) in [5, 5.41) is 14.2. The Hall–Kier alpha value is -1.63. The van der Waals surface area contributed by atoms with Gasteiger partial charge in [-0.3, -0.25) is 9.69 Å². The zero-order chi connectivity index (χ0) is 22.3. The number of rotatable bonds is 2. The molecule has 2 saturated heterocycles. The fraction of sp³-hybridized carbons (Fsp3) is 0.731. The van der Waals surface area contributed by atoms with Crippen LogP contribution >= 0.6 is 0 Å². The van der Waals surface area contributed by atoms with Crippen LogP contribution in [0.2, 0.25) is 0 Å². The number of carbonyl (C=O) groups excluding carboxylic acids is 1. The first-order valence-electron chi connectivity index (χ1n) is 12.8. The predicted octanol–water partition coefficient (Wildman–Crippen LogP) is 3.55. The van der Waals surface area contributed by atoms with Crippen LogP contribution in [0.3, 0.4) is 0 Å². The molecule has 2 bridgehead atoms. The molecular formula is C26H40N4O2. The number of nitrogens with zero attached hydrogens (tertiary/aromatic N) is 3. The number of benzene rings is 1. The van der Waals surface area contributed by atoms with Gasteiger partial charge in [-0.15, -0.1) is 0 Å². The first-order valence-corrected chi connectivity index (χ1v) is 12.8. The fourth-order valence-corrected chi connectivity index (χ4v) is 7.08. The van der Waals surface area contributed by atoms with E-state index in [1.807, 2.05) is 30.0 Å². The number of amides is 1. The molecule has 3 heterocycles. The Bertz CT molecular complexity index is 830. The summed E-state index contributed by atoms with van der Waals surface area (Å²) >= 11 is 0. The Morgan fingerprint density at radius 3 is 2.72 bits per heavy atom. The van der Waals surface area contributed by atoms with Gasteiger partial charge in [-0.25, -0.2) is 0 Å². The van der Waals surface area contributed by atoms with Gasteiger partial charge in [0.05, 0.1) is 23.0 Å². The lowest BCUT2D eigenvalue weighted by Crippen LogP contribution is -2.62. The molecule has 1 saturated carbocycles.